The first-order valence-corrected chi connectivity index (χ1v) is 9.00. The topological polar surface area (TPSA) is 66.4 Å². The second-order valence-electron chi connectivity index (χ2n) is 4.89. The number of aliphatic hydroxyl groups excluding tert-OH is 1. The fourth-order valence-corrected chi connectivity index (χ4v) is 4.72. The summed E-state index contributed by atoms with van der Waals surface area (Å²) in [4.78, 5) is 2.08. The van der Waals surface area contributed by atoms with Crippen molar-refractivity contribution in [3.05, 3.63) is 51.7 Å². The summed E-state index contributed by atoms with van der Waals surface area (Å²) in [6.07, 6.45) is -0.329. The van der Waals surface area contributed by atoms with E-state index in [0.29, 0.717) is 11.3 Å². The third-order valence-electron chi connectivity index (χ3n) is 3.18. The van der Waals surface area contributed by atoms with Crippen molar-refractivity contribution < 1.29 is 13.5 Å². The molecule has 0 saturated carbocycles. The number of sulfonamides is 1. The Morgan fingerprint density at radius 2 is 1.90 bits per heavy atom. The third kappa shape index (κ3) is 4.14. The molecule has 1 aromatic heterocycles. The molecule has 1 unspecified atom stereocenters. The van der Waals surface area contributed by atoms with Crippen LogP contribution in [0.5, 0.6) is 0 Å². The van der Waals surface area contributed by atoms with Gasteiger partial charge in [0, 0.05) is 16.3 Å². The van der Waals surface area contributed by atoms with Crippen LogP contribution in [0.4, 0.5) is 0 Å². The summed E-state index contributed by atoms with van der Waals surface area (Å²) in [6.45, 7) is 3.88. The molecule has 21 heavy (non-hydrogen) atoms. The van der Waals surface area contributed by atoms with Crippen LogP contribution in [-0.4, -0.2) is 20.1 Å². The molecule has 0 spiro atoms. The van der Waals surface area contributed by atoms with Crippen LogP contribution < -0.4 is 4.72 Å². The van der Waals surface area contributed by atoms with Gasteiger partial charge in [-0.1, -0.05) is 30.3 Å². The van der Waals surface area contributed by atoms with Crippen molar-refractivity contribution in [1.82, 2.24) is 4.72 Å². The van der Waals surface area contributed by atoms with Crippen molar-refractivity contribution in [2.24, 2.45) is 0 Å². The van der Waals surface area contributed by atoms with Crippen molar-refractivity contribution in [3.63, 3.8) is 0 Å². The molecular weight excluding hydrogens is 306 g/mol. The molecule has 1 aromatic carbocycles. The molecule has 0 radical (unpaired) electrons. The van der Waals surface area contributed by atoms with Gasteiger partial charge in [-0.05, 0) is 31.9 Å². The average molecular weight is 325 g/mol. The van der Waals surface area contributed by atoms with Crippen molar-refractivity contribution in [1.29, 1.82) is 0 Å². The Kier molecular flexibility index (Phi) is 5.16. The van der Waals surface area contributed by atoms with E-state index in [1.807, 2.05) is 37.3 Å². The molecule has 2 aromatic rings. The molecule has 0 aliphatic carbocycles. The van der Waals surface area contributed by atoms with Gasteiger partial charge in [-0.2, -0.15) is 0 Å². The summed E-state index contributed by atoms with van der Waals surface area (Å²) in [5.74, 6) is 0. The normalized spacial score (nSPS) is 13.3. The Balaban J connectivity index is 1.95. The van der Waals surface area contributed by atoms with Gasteiger partial charge in [-0.15, -0.1) is 11.3 Å². The van der Waals surface area contributed by atoms with Crippen LogP contribution in [0.25, 0.3) is 0 Å². The SMILES string of the molecule is Cc1cc(S(=O)(=O)NCCC(O)c2ccccc2)c(C)s1. The highest BCUT2D eigenvalue weighted by molar-refractivity contribution is 7.89. The quantitative estimate of drug-likeness (QED) is 0.858. The molecule has 1 heterocycles. The molecular formula is C15H19NO3S2. The summed E-state index contributed by atoms with van der Waals surface area (Å²) in [7, 11) is -3.50. The van der Waals surface area contributed by atoms with E-state index >= 15 is 0 Å². The second kappa shape index (κ2) is 6.70. The fraction of sp³-hybridized carbons (Fsp3) is 0.333. The smallest absolute Gasteiger partial charge is 0.241 e. The number of aliphatic hydroxyl groups is 1. The van der Waals surface area contributed by atoms with Gasteiger partial charge in [0.15, 0.2) is 0 Å². The van der Waals surface area contributed by atoms with Gasteiger partial charge in [0.1, 0.15) is 0 Å². The van der Waals surface area contributed by atoms with Gasteiger partial charge >= 0.3 is 0 Å². The van der Waals surface area contributed by atoms with Crippen LogP contribution in [0, 0.1) is 13.8 Å². The zero-order chi connectivity index (χ0) is 15.5. The number of thiophene rings is 1. The monoisotopic (exact) mass is 325 g/mol. The predicted molar refractivity (Wildman–Crippen MR) is 85.0 cm³/mol. The molecule has 0 aliphatic heterocycles. The Morgan fingerprint density at radius 1 is 1.24 bits per heavy atom. The summed E-state index contributed by atoms with van der Waals surface area (Å²) >= 11 is 1.46. The minimum absolute atomic E-state index is 0.201. The Morgan fingerprint density at radius 3 is 2.48 bits per heavy atom. The number of hydrogen-bond acceptors (Lipinski definition) is 4. The number of aryl methyl sites for hydroxylation is 2. The molecule has 2 N–H and O–H groups in total. The molecule has 2 rings (SSSR count). The molecule has 0 bridgehead atoms. The van der Waals surface area contributed by atoms with Gasteiger partial charge in [-0.3, -0.25) is 0 Å². The van der Waals surface area contributed by atoms with Crippen LogP contribution in [0.1, 0.15) is 27.8 Å². The van der Waals surface area contributed by atoms with E-state index in [9.17, 15) is 13.5 Å². The second-order valence-corrected chi connectivity index (χ2v) is 8.09. The van der Waals surface area contributed by atoms with E-state index in [-0.39, 0.29) is 6.54 Å². The zero-order valence-corrected chi connectivity index (χ0v) is 13.7. The van der Waals surface area contributed by atoms with Gasteiger partial charge in [0.05, 0.1) is 11.0 Å². The van der Waals surface area contributed by atoms with Crippen molar-refractivity contribution in [2.45, 2.75) is 31.3 Å². The number of nitrogens with one attached hydrogen (secondary N) is 1. The molecule has 114 valence electrons. The largest absolute Gasteiger partial charge is 0.388 e. The average Bonchev–Trinajstić information content (AvgIpc) is 2.79. The van der Waals surface area contributed by atoms with E-state index in [2.05, 4.69) is 4.72 Å². The van der Waals surface area contributed by atoms with Crippen molar-refractivity contribution in [3.8, 4) is 0 Å². The fourth-order valence-electron chi connectivity index (χ4n) is 2.12. The molecule has 0 fully saturated rings. The molecule has 1 atom stereocenters. The van der Waals surface area contributed by atoms with Gasteiger partial charge in [0.25, 0.3) is 0 Å². The lowest BCUT2D eigenvalue weighted by molar-refractivity contribution is 0.169. The third-order valence-corrected chi connectivity index (χ3v) is 5.86. The summed E-state index contributed by atoms with van der Waals surface area (Å²) < 4.78 is 26.9. The number of rotatable bonds is 6. The van der Waals surface area contributed by atoms with E-state index < -0.39 is 16.1 Å². The highest BCUT2D eigenvalue weighted by Gasteiger charge is 2.19. The standard InChI is InChI=1S/C15H19NO3S2/c1-11-10-15(12(2)20-11)21(18,19)16-9-8-14(17)13-6-4-3-5-7-13/h3-7,10,14,16-17H,8-9H2,1-2H3. The maximum Gasteiger partial charge on any atom is 0.241 e. The van der Waals surface area contributed by atoms with E-state index in [4.69, 9.17) is 0 Å². The van der Waals surface area contributed by atoms with Crippen molar-refractivity contribution >= 4 is 21.4 Å². The zero-order valence-electron chi connectivity index (χ0n) is 12.0. The number of hydrogen-bond donors (Lipinski definition) is 2. The van der Waals surface area contributed by atoms with E-state index in [1.165, 1.54) is 11.3 Å². The van der Waals surface area contributed by atoms with Gasteiger partial charge < -0.3 is 5.11 Å². The van der Waals surface area contributed by atoms with Crippen LogP contribution in [-0.2, 0) is 10.0 Å². The maximum absolute atomic E-state index is 12.2. The van der Waals surface area contributed by atoms with Crippen LogP contribution in [0.2, 0.25) is 0 Å². The van der Waals surface area contributed by atoms with Crippen LogP contribution >= 0.6 is 11.3 Å². The van der Waals surface area contributed by atoms with E-state index in [0.717, 1.165) is 15.3 Å². The Bertz CT molecular complexity index is 693. The van der Waals surface area contributed by atoms with Crippen LogP contribution in [0.15, 0.2) is 41.3 Å². The molecule has 6 heteroatoms. The minimum Gasteiger partial charge on any atom is -0.388 e. The Hall–Kier alpha value is -1.21. The van der Waals surface area contributed by atoms with Crippen molar-refractivity contribution in [2.75, 3.05) is 6.54 Å². The molecule has 0 amide bonds. The highest BCUT2D eigenvalue weighted by Crippen LogP contribution is 2.25. The lowest BCUT2D eigenvalue weighted by Crippen LogP contribution is -2.26. The number of benzene rings is 1. The highest BCUT2D eigenvalue weighted by atomic mass is 32.2. The molecule has 0 saturated heterocycles. The summed E-state index contributed by atoms with van der Waals surface area (Å²) in [5, 5.41) is 10.0. The van der Waals surface area contributed by atoms with Crippen LogP contribution in [0.3, 0.4) is 0 Å². The predicted octanol–water partition coefficient (Wildman–Crippen LogP) is 2.77. The van der Waals surface area contributed by atoms with Gasteiger partial charge in [-0.25, -0.2) is 13.1 Å². The van der Waals surface area contributed by atoms with Gasteiger partial charge in [0.2, 0.25) is 10.0 Å². The summed E-state index contributed by atoms with van der Waals surface area (Å²) in [5.41, 5.74) is 0.791. The first-order valence-electron chi connectivity index (χ1n) is 6.70. The first kappa shape index (κ1) is 16.2. The first-order chi connectivity index (χ1) is 9.90. The Labute approximate surface area is 129 Å². The lowest BCUT2D eigenvalue weighted by Gasteiger charge is -2.11. The maximum atomic E-state index is 12.2. The minimum atomic E-state index is -3.50. The van der Waals surface area contributed by atoms with E-state index in [1.54, 1.807) is 13.0 Å². The molecule has 4 nitrogen and oxygen atoms in total. The lowest BCUT2D eigenvalue weighted by atomic mass is 10.1. The summed E-state index contributed by atoms with van der Waals surface area (Å²) in [6, 6.07) is 10.9. The molecule has 0 aliphatic rings.